The number of hydrogen-bond acceptors (Lipinski definition) is 8. The Morgan fingerprint density at radius 2 is 1.40 bits per heavy atom. The molecule has 2 aromatic heterocycles. The quantitative estimate of drug-likeness (QED) is 0.162. The lowest BCUT2D eigenvalue weighted by Gasteiger charge is -2.12. The summed E-state index contributed by atoms with van der Waals surface area (Å²) in [6.45, 7) is 2.31. The largest absolute Gasteiger partial charge is 0.482 e. The summed E-state index contributed by atoms with van der Waals surface area (Å²) >= 11 is 0. The molecular weight excluding hydrogens is 536 g/mol. The van der Waals surface area contributed by atoms with E-state index in [-0.39, 0.29) is 30.9 Å². The number of anilines is 2. The third-order valence-corrected chi connectivity index (χ3v) is 6.86. The molecule has 3 aromatic carbocycles. The number of nitrogens with two attached hydrogens (primary N) is 2. The average molecular weight is 569 g/mol. The number of benzene rings is 3. The van der Waals surface area contributed by atoms with Crippen LogP contribution in [-0.2, 0) is 35.5 Å². The smallest absolute Gasteiger partial charge is 0.344 e. The van der Waals surface area contributed by atoms with Crippen LogP contribution in [-0.4, -0.2) is 38.3 Å². The van der Waals surface area contributed by atoms with E-state index in [1.54, 1.807) is 43.3 Å². The zero-order valence-corrected chi connectivity index (χ0v) is 23.2. The van der Waals surface area contributed by atoms with Crippen molar-refractivity contribution in [3.05, 3.63) is 105 Å². The summed E-state index contributed by atoms with van der Waals surface area (Å²) in [6.07, 6.45) is 1.02. The van der Waals surface area contributed by atoms with E-state index >= 15 is 0 Å². The number of imidazole rings is 1. The number of aromatic amines is 1. The number of ether oxygens (including phenoxy) is 2. The van der Waals surface area contributed by atoms with E-state index < -0.39 is 17.2 Å². The summed E-state index contributed by atoms with van der Waals surface area (Å²) in [7, 11) is 0. The molecule has 0 aliphatic carbocycles. The van der Waals surface area contributed by atoms with Gasteiger partial charge >= 0.3 is 11.7 Å². The molecule has 0 spiro atoms. The van der Waals surface area contributed by atoms with Crippen LogP contribution in [0.15, 0.2) is 82.4 Å². The lowest BCUT2D eigenvalue weighted by molar-refractivity contribution is -0.145. The molecule has 5 N–H and O–H groups in total. The summed E-state index contributed by atoms with van der Waals surface area (Å²) in [5.41, 5.74) is 15.2. The SMILES string of the molecule is CCOC(=O)COc1ccc(-c2nc3c([nH]2)c(=O)n(CCc2ccc(N)cc2)c(=O)n3CCc2ccc(N)cc2)cc1. The van der Waals surface area contributed by atoms with Crippen molar-refractivity contribution < 1.29 is 14.3 Å². The summed E-state index contributed by atoms with van der Waals surface area (Å²) in [4.78, 5) is 46.7. The predicted octanol–water partition coefficient (Wildman–Crippen LogP) is 3.15. The number of carbonyl (C=O) groups excluding carboxylic acids is 1. The van der Waals surface area contributed by atoms with Crippen molar-refractivity contribution in [1.29, 1.82) is 0 Å². The number of H-pyrrole nitrogens is 1. The maximum atomic E-state index is 13.7. The molecule has 0 unspecified atom stereocenters. The van der Waals surface area contributed by atoms with Gasteiger partial charge in [-0.15, -0.1) is 0 Å². The number of esters is 1. The van der Waals surface area contributed by atoms with Crippen molar-refractivity contribution in [2.24, 2.45) is 0 Å². The highest BCUT2D eigenvalue weighted by Gasteiger charge is 2.18. The minimum Gasteiger partial charge on any atom is -0.482 e. The highest BCUT2D eigenvalue weighted by Crippen LogP contribution is 2.22. The zero-order valence-electron chi connectivity index (χ0n) is 23.2. The summed E-state index contributed by atoms with van der Waals surface area (Å²) in [5, 5.41) is 0. The molecule has 0 aliphatic rings. The van der Waals surface area contributed by atoms with Crippen molar-refractivity contribution >= 4 is 28.5 Å². The van der Waals surface area contributed by atoms with Crippen LogP contribution in [0.1, 0.15) is 18.1 Å². The molecule has 5 rings (SSSR count). The van der Waals surface area contributed by atoms with Gasteiger partial charge < -0.3 is 25.9 Å². The van der Waals surface area contributed by atoms with E-state index in [4.69, 9.17) is 20.9 Å². The second-order valence-electron chi connectivity index (χ2n) is 9.78. The summed E-state index contributed by atoms with van der Waals surface area (Å²) in [5.74, 6) is 0.452. The summed E-state index contributed by atoms with van der Waals surface area (Å²) in [6, 6.07) is 21.7. The van der Waals surface area contributed by atoms with Crippen LogP contribution in [0, 0.1) is 0 Å². The number of rotatable bonds is 11. The summed E-state index contributed by atoms with van der Waals surface area (Å²) < 4.78 is 13.1. The maximum absolute atomic E-state index is 13.7. The van der Waals surface area contributed by atoms with Crippen LogP contribution >= 0.6 is 0 Å². The first-order valence-corrected chi connectivity index (χ1v) is 13.6. The highest BCUT2D eigenvalue weighted by atomic mass is 16.6. The van der Waals surface area contributed by atoms with Gasteiger partial charge in [0, 0.05) is 30.0 Å². The first-order valence-electron chi connectivity index (χ1n) is 13.6. The average Bonchev–Trinajstić information content (AvgIpc) is 3.44. The molecule has 42 heavy (non-hydrogen) atoms. The Labute approximate surface area is 241 Å². The topological polar surface area (TPSA) is 160 Å². The van der Waals surface area contributed by atoms with E-state index in [1.165, 1.54) is 9.13 Å². The number of nitrogens with zero attached hydrogens (tertiary/aromatic N) is 3. The van der Waals surface area contributed by atoms with Crippen LogP contribution in [0.4, 0.5) is 11.4 Å². The molecule has 0 fully saturated rings. The first-order chi connectivity index (χ1) is 20.3. The fraction of sp³-hybridized carbons (Fsp3) is 0.226. The molecule has 11 nitrogen and oxygen atoms in total. The molecule has 0 saturated heterocycles. The Morgan fingerprint density at radius 1 is 0.833 bits per heavy atom. The minimum absolute atomic E-state index is 0.195. The molecular formula is C31H32N6O5. The van der Waals surface area contributed by atoms with Crippen molar-refractivity contribution in [3.63, 3.8) is 0 Å². The number of carbonyl (C=O) groups is 1. The van der Waals surface area contributed by atoms with Gasteiger partial charge in [-0.25, -0.2) is 14.6 Å². The van der Waals surface area contributed by atoms with E-state index in [0.29, 0.717) is 47.9 Å². The van der Waals surface area contributed by atoms with E-state index in [2.05, 4.69) is 9.97 Å². The van der Waals surface area contributed by atoms with Crippen molar-refractivity contribution in [1.82, 2.24) is 19.1 Å². The van der Waals surface area contributed by atoms with Crippen LogP contribution in [0.25, 0.3) is 22.6 Å². The van der Waals surface area contributed by atoms with E-state index in [0.717, 1.165) is 11.1 Å². The Morgan fingerprint density at radius 3 is 1.98 bits per heavy atom. The van der Waals surface area contributed by atoms with Gasteiger partial charge in [0.2, 0.25) is 0 Å². The Balaban J connectivity index is 1.48. The van der Waals surface area contributed by atoms with Crippen molar-refractivity contribution in [3.8, 4) is 17.1 Å². The predicted molar refractivity (Wildman–Crippen MR) is 161 cm³/mol. The Bertz CT molecular complexity index is 1800. The third kappa shape index (κ3) is 6.35. The lowest BCUT2D eigenvalue weighted by atomic mass is 10.1. The number of hydrogen-bond donors (Lipinski definition) is 3. The molecule has 11 heteroatoms. The van der Waals surface area contributed by atoms with Crippen LogP contribution in [0.3, 0.4) is 0 Å². The normalized spacial score (nSPS) is 11.1. The fourth-order valence-corrected chi connectivity index (χ4v) is 4.61. The van der Waals surface area contributed by atoms with Gasteiger partial charge in [0.15, 0.2) is 12.3 Å². The molecule has 216 valence electrons. The third-order valence-electron chi connectivity index (χ3n) is 6.86. The highest BCUT2D eigenvalue weighted by molar-refractivity contribution is 5.76. The standard InChI is InChI=1S/C31H32N6O5/c1-2-41-26(38)19-42-25-13-7-22(8-14-25)28-34-27-29(35-28)36(17-15-20-3-9-23(32)10-4-20)31(40)37(30(27)39)18-16-21-5-11-24(33)12-6-21/h3-14H,2,15-19,32-33H2,1H3,(H,34,35). The van der Waals surface area contributed by atoms with Crippen molar-refractivity contribution in [2.45, 2.75) is 32.9 Å². The number of nitrogen functional groups attached to an aromatic ring is 2. The molecule has 0 bridgehead atoms. The van der Waals surface area contributed by atoms with Gasteiger partial charge in [0.05, 0.1) is 6.61 Å². The Kier molecular flexibility index (Phi) is 8.37. The number of aryl methyl sites for hydroxylation is 3. The van der Waals surface area contributed by atoms with Crippen LogP contribution in [0.2, 0.25) is 0 Å². The maximum Gasteiger partial charge on any atom is 0.344 e. The second-order valence-corrected chi connectivity index (χ2v) is 9.78. The van der Waals surface area contributed by atoms with Crippen LogP contribution in [0.5, 0.6) is 5.75 Å². The molecule has 0 atom stereocenters. The Hall–Kier alpha value is -5.32. The molecule has 0 aliphatic heterocycles. The van der Waals surface area contributed by atoms with Gasteiger partial charge in [-0.1, -0.05) is 24.3 Å². The number of aromatic nitrogens is 4. The number of nitrogens with one attached hydrogen (secondary N) is 1. The van der Waals surface area contributed by atoms with Gasteiger partial charge in [0.1, 0.15) is 17.1 Å². The lowest BCUT2D eigenvalue weighted by Crippen LogP contribution is -2.41. The van der Waals surface area contributed by atoms with Gasteiger partial charge in [0.25, 0.3) is 5.56 Å². The molecule has 0 saturated carbocycles. The van der Waals surface area contributed by atoms with Gasteiger partial charge in [-0.3, -0.25) is 13.9 Å². The second kappa shape index (κ2) is 12.5. The van der Waals surface area contributed by atoms with Gasteiger partial charge in [-0.05, 0) is 79.4 Å². The van der Waals surface area contributed by atoms with E-state index in [9.17, 15) is 14.4 Å². The van der Waals surface area contributed by atoms with Crippen LogP contribution < -0.4 is 27.5 Å². The first kappa shape index (κ1) is 28.2. The molecule has 5 aromatic rings. The monoisotopic (exact) mass is 568 g/mol. The molecule has 0 amide bonds. The number of fused-ring (bicyclic) bond motifs is 1. The zero-order chi connectivity index (χ0) is 29.6. The molecule has 0 radical (unpaired) electrons. The minimum atomic E-state index is -0.455. The molecule has 2 heterocycles. The van der Waals surface area contributed by atoms with Gasteiger partial charge in [-0.2, -0.15) is 0 Å². The van der Waals surface area contributed by atoms with E-state index in [1.807, 2.05) is 36.4 Å². The van der Waals surface area contributed by atoms with Crippen molar-refractivity contribution in [2.75, 3.05) is 24.7 Å². The fourth-order valence-electron chi connectivity index (χ4n) is 4.61.